The maximum atomic E-state index is 12.4. The van der Waals surface area contributed by atoms with Gasteiger partial charge in [-0.2, -0.15) is 0 Å². The normalized spacial score (nSPS) is 10.7. The lowest BCUT2D eigenvalue weighted by molar-refractivity contribution is 0.102. The van der Waals surface area contributed by atoms with E-state index in [4.69, 9.17) is 0 Å². The van der Waals surface area contributed by atoms with Crippen molar-refractivity contribution in [1.29, 1.82) is 0 Å². The van der Waals surface area contributed by atoms with Crippen molar-refractivity contribution in [2.24, 2.45) is 0 Å². The topological polar surface area (TPSA) is 49.3 Å². The lowest BCUT2D eigenvalue weighted by atomic mass is 10.1. The van der Waals surface area contributed by atoms with E-state index in [0.717, 1.165) is 10.1 Å². The summed E-state index contributed by atoms with van der Waals surface area (Å²) in [4.78, 5) is 12.4. The van der Waals surface area contributed by atoms with Gasteiger partial charge in [-0.25, -0.2) is 0 Å². The number of nitrogens with one attached hydrogen (secondary N) is 1. The van der Waals surface area contributed by atoms with Crippen LogP contribution in [0.2, 0.25) is 0 Å². The van der Waals surface area contributed by atoms with Gasteiger partial charge in [-0.15, -0.1) is 11.3 Å². The van der Waals surface area contributed by atoms with E-state index in [-0.39, 0.29) is 11.7 Å². The third-order valence-corrected chi connectivity index (χ3v) is 4.24. The molecule has 1 heterocycles. The molecule has 0 saturated carbocycles. The number of rotatable bonds is 2. The molecular formula is C16H13NO2S. The molecule has 3 nitrogen and oxygen atoms in total. The Morgan fingerprint density at radius 2 is 1.95 bits per heavy atom. The summed E-state index contributed by atoms with van der Waals surface area (Å²) in [5.74, 6) is 0.0223. The van der Waals surface area contributed by atoms with Crippen LogP contribution in [-0.4, -0.2) is 11.0 Å². The lowest BCUT2D eigenvalue weighted by Gasteiger charge is -2.09. The molecule has 0 spiro atoms. The summed E-state index contributed by atoms with van der Waals surface area (Å²) in [5, 5.41) is 15.3. The van der Waals surface area contributed by atoms with E-state index >= 15 is 0 Å². The number of anilines is 1. The zero-order chi connectivity index (χ0) is 14.1. The highest BCUT2D eigenvalue weighted by atomic mass is 32.1. The van der Waals surface area contributed by atoms with Gasteiger partial charge in [0, 0.05) is 26.7 Å². The first kappa shape index (κ1) is 12.7. The molecule has 3 rings (SSSR count). The molecule has 0 bridgehead atoms. The largest absolute Gasteiger partial charge is 0.508 e. The van der Waals surface area contributed by atoms with Gasteiger partial charge in [0.25, 0.3) is 5.91 Å². The minimum atomic E-state index is -0.156. The molecule has 0 atom stereocenters. The highest BCUT2D eigenvalue weighted by Gasteiger charge is 2.13. The Morgan fingerprint density at radius 3 is 2.80 bits per heavy atom. The zero-order valence-corrected chi connectivity index (χ0v) is 11.7. The minimum Gasteiger partial charge on any atom is -0.508 e. The molecule has 2 aromatic carbocycles. The SMILES string of the molecule is Cc1c(O)cccc1NC(=O)c1csc2ccccc12. The Balaban J connectivity index is 1.95. The van der Waals surface area contributed by atoms with Crippen molar-refractivity contribution in [1.82, 2.24) is 0 Å². The zero-order valence-electron chi connectivity index (χ0n) is 10.9. The standard InChI is InChI=1S/C16H13NO2S/c1-10-13(6-4-7-14(10)18)17-16(19)12-9-20-15-8-3-2-5-11(12)15/h2-9,18H,1H3,(H,17,19). The number of hydrogen-bond donors (Lipinski definition) is 2. The number of phenols is 1. The van der Waals surface area contributed by atoms with E-state index < -0.39 is 0 Å². The van der Waals surface area contributed by atoms with Gasteiger partial charge in [-0.05, 0) is 25.1 Å². The van der Waals surface area contributed by atoms with Crippen LogP contribution in [0.1, 0.15) is 15.9 Å². The molecule has 100 valence electrons. The van der Waals surface area contributed by atoms with Crippen LogP contribution < -0.4 is 5.32 Å². The monoisotopic (exact) mass is 283 g/mol. The van der Waals surface area contributed by atoms with Crippen LogP contribution in [0.5, 0.6) is 5.75 Å². The fourth-order valence-corrected chi connectivity index (χ4v) is 3.04. The Bertz CT molecular complexity index is 792. The predicted molar refractivity (Wildman–Crippen MR) is 82.6 cm³/mol. The summed E-state index contributed by atoms with van der Waals surface area (Å²) in [7, 11) is 0. The van der Waals surface area contributed by atoms with Crippen molar-refractivity contribution in [2.45, 2.75) is 6.92 Å². The first-order valence-electron chi connectivity index (χ1n) is 6.23. The Hall–Kier alpha value is -2.33. The summed E-state index contributed by atoms with van der Waals surface area (Å²) in [6, 6.07) is 12.9. The summed E-state index contributed by atoms with van der Waals surface area (Å²) in [6.45, 7) is 1.77. The first-order chi connectivity index (χ1) is 9.66. The quantitative estimate of drug-likeness (QED) is 0.741. The summed E-state index contributed by atoms with van der Waals surface area (Å²) >= 11 is 1.55. The van der Waals surface area contributed by atoms with Gasteiger partial charge in [-0.1, -0.05) is 24.3 Å². The van der Waals surface area contributed by atoms with Gasteiger partial charge in [0.1, 0.15) is 5.75 Å². The Morgan fingerprint density at radius 1 is 1.15 bits per heavy atom. The third kappa shape index (κ3) is 2.14. The number of benzene rings is 2. The Kier molecular flexibility index (Phi) is 3.16. The number of fused-ring (bicyclic) bond motifs is 1. The lowest BCUT2D eigenvalue weighted by Crippen LogP contribution is -2.12. The maximum absolute atomic E-state index is 12.4. The van der Waals surface area contributed by atoms with Crippen LogP contribution >= 0.6 is 11.3 Å². The third-order valence-electron chi connectivity index (χ3n) is 3.28. The van der Waals surface area contributed by atoms with Crippen LogP contribution in [0.4, 0.5) is 5.69 Å². The van der Waals surface area contributed by atoms with Gasteiger partial charge in [0.15, 0.2) is 0 Å². The molecule has 3 aromatic rings. The van der Waals surface area contributed by atoms with Gasteiger partial charge >= 0.3 is 0 Å². The number of carbonyl (C=O) groups is 1. The molecule has 4 heteroatoms. The van der Waals surface area contributed by atoms with Gasteiger partial charge in [0.05, 0.1) is 5.56 Å². The number of phenolic OH excluding ortho intramolecular Hbond substituents is 1. The van der Waals surface area contributed by atoms with Gasteiger partial charge < -0.3 is 10.4 Å². The molecule has 0 aliphatic rings. The van der Waals surface area contributed by atoms with E-state index in [0.29, 0.717) is 16.8 Å². The van der Waals surface area contributed by atoms with Crippen molar-refractivity contribution < 1.29 is 9.90 Å². The van der Waals surface area contributed by atoms with Crippen LogP contribution in [0, 0.1) is 6.92 Å². The van der Waals surface area contributed by atoms with Crippen molar-refractivity contribution in [2.75, 3.05) is 5.32 Å². The van der Waals surface area contributed by atoms with Crippen LogP contribution in [0.25, 0.3) is 10.1 Å². The molecule has 2 N–H and O–H groups in total. The number of carbonyl (C=O) groups excluding carboxylic acids is 1. The first-order valence-corrected chi connectivity index (χ1v) is 7.11. The highest BCUT2D eigenvalue weighted by Crippen LogP contribution is 2.28. The molecule has 1 amide bonds. The second-order valence-electron chi connectivity index (χ2n) is 4.55. The highest BCUT2D eigenvalue weighted by molar-refractivity contribution is 7.17. The van der Waals surface area contributed by atoms with Crippen molar-refractivity contribution >= 4 is 33.0 Å². The van der Waals surface area contributed by atoms with E-state index in [9.17, 15) is 9.90 Å². The number of amides is 1. The molecule has 0 saturated heterocycles. The molecule has 20 heavy (non-hydrogen) atoms. The average Bonchev–Trinajstić information content (AvgIpc) is 2.88. The second-order valence-corrected chi connectivity index (χ2v) is 5.46. The second kappa shape index (κ2) is 4.98. The average molecular weight is 283 g/mol. The molecule has 0 aliphatic heterocycles. The summed E-state index contributed by atoms with van der Waals surface area (Å²) in [5.41, 5.74) is 1.96. The fraction of sp³-hybridized carbons (Fsp3) is 0.0625. The maximum Gasteiger partial charge on any atom is 0.257 e. The van der Waals surface area contributed by atoms with Crippen LogP contribution in [0.3, 0.4) is 0 Å². The van der Waals surface area contributed by atoms with Gasteiger partial charge in [0.2, 0.25) is 0 Å². The molecule has 0 unspecified atom stereocenters. The van der Waals surface area contributed by atoms with Gasteiger partial charge in [-0.3, -0.25) is 4.79 Å². The van der Waals surface area contributed by atoms with E-state index in [1.165, 1.54) is 0 Å². The molecule has 0 aliphatic carbocycles. The van der Waals surface area contributed by atoms with E-state index in [1.54, 1.807) is 36.5 Å². The number of hydrogen-bond acceptors (Lipinski definition) is 3. The fourth-order valence-electron chi connectivity index (χ4n) is 2.10. The summed E-state index contributed by atoms with van der Waals surface area (Å²) < 4.78 is 1.09. The predicted octanol–water partition coefficient (Wildman–Crippen LogP) is 4.17. The van der Waals surface area contributed by atoms with Crippen LogP contribution in [0.15, 0.2) is 47.8 Å². The minimum absolute atomic E-state index is 0.156. The molecule has 0 fully saturated rings. The van der Waals surface area contributed by atoms with Crippen molar-refractivity contribution in [3.63, 3.8) is 0 Å². The van der Waals surface area contributed by atoms with E-state index in [1.807, 2.05) is 29.6 Å². The summed E-state index contributed by atoms with van der Waals surface area (Å²) in [6.07, 6.45) is 0. The smallest absolute Gasteiger partial charge is 0.257 e. The molecular weight excluding hydrogens is 270 g/mol. The van der Waals surface area contributed by atoms with E-state index in [2.05, 4.69) is 5.32 Å². The Labute approximate surface area is 120 Å². The number of aromatic hydroxyl groups is 1. The van der Waals surface area contributed by atoms with Crippen LogP contribution in [-0.2, 0) is 0 Å². The van der Waals surface area contributed by atoms with Crippen molar-refractivity contribution in [3.05, 3.63) is 59.0 Å². The van der Waals surface area contributed by atoms with Crippen molar-refractivity contribution in [3.8, 4) is 5.75 Å². The number of thiophene rings is 1. The molecule has 1 aromatic heterocycles. The molecule has 0 radical (unpaired) electrons.